The second-order valence-electron chi connectivity index (χ2n) is 6.63. The molecule has 0 aliphatic heterocycles. The van der Waals surface area contributed by atoms with Gasteiger partial charge < -0.3 is 4.74 Å². The fourth-order valence-electron chi connectivity index (χ4n) is 1.82. The SMILES string of the molecule is C=C(C)C(=O)OCCN(C)S(=O)(=O)C(F)(F)C(F)(F)C(F)(F)C(F)(F)C(F)(F)C(F)(F)C(F)(F)F. The van der Waals surface area contributed by atoms with E-state index in [0.717, 1.165) is 6.92 Å². The summed E-state index contributed by atoms with van der Waals surface area (Å²) in [5.41, 5.74) is -0.370. The van der Waals surface area contributed by atoms with Crippen LogP contribution in [0.5, 0.6) is 0 Å². The van der Waals surface area contributed by atoms with Crippen molar-refractivity contribution in [1.29, 1.82) is 0 Å². The number of esters is 1. The highest BCUT2D eigenvalue weighted by Crippen LogP contribution is 2.63. The third kappa shape index (κ3) is 4.88. The zero-order valence-corrected chi connectivity index (χ0v) is 17.6. The van der Waals surface area contributed by atoms with Crippen molar-refractivity contribution in [1.82, 2.24) is 4.31 Å². The number of halogens is 15. The molecule has 0 saturated carbocycles. The van der Waals surface area contributed by atoms with Crippen LogP contribution in [-0.2, 0) is 19.6 Å². The summed E-state index contributed by atoms with van der Waals surface area (Å²) < 4.78 is 224. The number of nitrogens with zero attached hydrogens (tertiary/aromatic N) is 1. The molecule has 0 aliphatic rings. The summed E-state index contributed by atoms with van der Waals surface area (Å²) in [6.07, 6.45) is -7.78. The van der Waals surface area contributed by atoms with Crippen molar-refractivity contribution < 1.29 is 83.8 Å². The fraction of sp³-hybridized carbons (Fsp3) is 0.786. The first-order chi connectivity index (χ1) is 15.0. The second kappa shape index (κ2) is 9.18. The maximum absolute atomic E-state index is 13.9. The zero-order valence-electron chi connectivity index (χ0n) is 16.8. The summed E-state index contributed by atoms with van der Waals surface area (Å²) in [5, 5.41) is -7.52. The van der Waals surface area contributed by atoms with Gasteiger partial charge in [-0.05, 0) is 6.92 Å². The van der Waals surface area contributed by atoms with E-state index >= 15 is 0 Å². The summed E-state index contributed by atoms with van der Waals surface area (Å²) in [7, 11) is -7.40. The van der Waals surface area contributed by atoms with Crippen molar-refractivity contribution in [3.8, 4) is 0 Å². The maximum Gasteiger partial charge on any atom is 0.460 e. The van der Waals surface area contributed by atoms with Gasteiger partial charge in [0, 0.05) is 19.2 Å². The lowest BCUT2D eigenvalue weighted by molar-refractivity contribution is -0.447. The Morgan fingerprint density at radius 2 is 1.09 bits per heavy atom. The smallest absolute Gasteiger partial charge is 0.460 e. The van der Waals surface area contributed by atoms with Crippen molar-refractivity contribution in [3.63, 3.8) is 0 Å². The van der Waals surface area contributed by atoms with Crippen molar-refractivity contribution in [2.75, 3.05) is 20.2 Å². The molecule has 0 aromatic heterocycles. The number of likely N-dealkylation sites (N-methyl/N-ethyl adjacent to an activating group) is 1. The van der Waals surface area contributed by atoms with E-state index in [1.165, 1.54) is 0 Å². The molecule has 0 N–H and O–H groups in total. The van der Waals surface area contributed by atoms with Crippen LogP contribution in [0.15, 0.2) is 12.2 Å². The van der Waals surface area contributed by atoms with Gasteiger partial charge >= 0.3 is 47.0 Å². The quantitative estimate of drug-likeness (QED) is 0.204. The lowest BCUT2D eigenvalue weighted by Crippen LogP contribution is -2.73. The summed E-state index contributed by atoms with van der Waals surface area (Å²) in [6, 6.07) is 0. The highest BCUT2D eigenvalue weighted by molar-refractivity contribution is 7.90. The van der Waals surface area contributed by atoms with Gasteiger partial charge in [0.15, 0.2) is 0 Å². The van der Waals surface area contributed by atoms with Gasteiger partial charge in [-0.25, -0.2) is 13.2 Å². The highest BCUT2D eigenvalue weighted by Gasteiger charge is 2.94. The van der Waals surface area contributed by atoms with Crippen molar-refractivity contribution in [3.05, 3.63) is 12.2 Å². The molecule has 0 aromatic rings. The van der Waals surface area contributed by atoms with E-state index in [2.05, 4.69) is 11.3 Å². The van der Waals surface area contributed by atoms with Crippen LogP contribution in [0.1, 0.15) is 6.92 Å². The Bertz CT molecular complexity index is 926. The van der Waals surface area contributed by atoms with E-state index in [1.54, 1.807) is 0 Å². The molecule has 0 bridgehead atoms. The van der Waals surface area contributed by atoms with Crippen LogP contribution in [0.2, 0.25) is 0 Å². The average Bonchev–Trinajstić information content (AvgIpc) is 2.65. The predicted octanol–water partition coefficient (Wildman–Crippen LogP) is 4.70. The third-order valence-electron chi connectivity index (χ3n) is 4.02. The molecule has 0 rings (SSSR count). The van der Waals surface area contributed by atoms with Crippen molar-refractivity contribution in [2.45, 2.75) is 48.0 Å². The van der Waals surface area contributed by atoms with Crippen molar-refractivity contribution in [2.24, 2.45) is 0 Å². The van der Waals surface area contributed by atoms with Crippen LogP contribution in [-0.4, -0.2) is 79.9 Å². The molecule has 0 saturated heterocycles. The number of hydrogen-bond acceptors (Lipinski definition) is 4. The molecule has 0 fully saturated rings. The van der Waals surface area contributed by atoms with Gasteiger partial charge in [-0.15, -0.1) is 0 Å². The Kier molecular flexibility index (Phi) is 8.67. The van der Waals surface area contributed by atoms with E-state index < -0.39 is 74.5 Å². The third-order valence-corrected chi connectivity index (χ3v) is 5.93. The molecular weight excluding hydrogens is 563 g/mol. The van der Waals surface area contributed by atoms with Crippen LogP contribution in [0.3, 0.4) is 0 Å². The van der Waals surface area contributed by atoms with Gasteiger partial charge in [0.25, 0.3) is 10.0 Å². The Morgan fingerprint density at radius 3 is 1.43 bits per heavy atom. The van der Waals surface area contributed by atoms with Gasteiger partial charge in [0.1, 0.15) is 6.61 Å². The van der Waals surface area contributed by atoms with Crippen LogP contribution in [0.25, 0.3) is 0 Å². The first-order valence-electron chi connectivity index (χ1n) is 8.12. The predicted molar refractivity (Wildman–Crippen MR) is 83.1 cm³/mol. The lowest BCUT2D eigenvalue weighted by Gasteiger charge is -2.41. The minimum absolute atomic E-state index is 0.101. The van der Waals surface area contributed by atoms with Gasteiger partial charge in [-0.3, -0.25) is 0 Å². The van der Waals surface area contributed by atoms with Crippen LogP contribution in [0.4, 0.5) is 65.9 Å². The van der Waals surface area contributed by atoms with Crippen LogP contribution in [0, 0.1) is 0 Å². The molecular formula is C14H12F15NO4S. The Labute approximate surface area is 185 Å². The summed E-state index contributed by atoms with van der Waals surface area (Å²) in [5.74, 6) is -43.4. The van der Waals surface area contributed by atoms with Gasteiger partial charge in [-0.2, -0.15) is 70.2 Å². The number of sulfonamides is 1. The van der Waals surface area contributed by atoms with Gasteiger partial charge in [0.2, 0.25) is 0 Å². The van der Waals surface area contributed by atoms with E-state index in [0.29, 0.717) is 0 Å². The Hall–Kier alpha value is -1.93. The zero-order chi connectivity index (χ0) is 28.9. The Balaban J connectivity index is 6.45. The number of rotatable bonds is 11. The highest BCUT2D eigenvalue weighted by atomic mass is 32.2. The van der Waals surface area contributed by atoms with E-state index in [4.69, 9.17) is 0 Å². The largest absolute Gasteiger partial charge is 0.461 e. The molecule has 208 valence electrons. The summed E-state index contributed by atoms with van der Waals surface area (Å²) >= 11 is 0. The number of carbonyl (C=O) groups is 1. The van der Waals surface area contributed by atoms with Crippen LogP contribution >= 0.6 is 0 Å². The Morgan fingerprint density at radius 1 is 0.743 bits per heavy atom. The molecule has 35 heavy (non-hydrogen) atoms. The van der Waals surface area contributed by atoms with E-state index in [1.807, 2.05) is 0 Å². The summed E-state index contributed by atoms with van der Waals surface area (Å²) in [6.45, 7) is 1.18. The molecule has 0 radical (unpaired) electrons. The minimum atomic E-state index is -8.61. The molecule has 0 heterocycles. The molecule has 5 nitrogen and oxygen atoms in total. The van der Waals surface area contributed by atoms with E-state index in [-0.39, 0.29) is 12.6 Å². The van der Waals surface area contributed by atoms with E-state index in [9.17, 15) is 79.1 Å². The maximum atomic E-state index is 13.9. The van der Waals surface area contributed by atoms with Gasteiger partial charge in [0.05, 0.1) is 0 Å². The fourth-order valence-corrected chi connectivity index (χ4v) is 2.98. The molecule has 0 aliphatic carbocycles. The normalized spacial score (nSPS) is 15.4. The first kappa shape index (κ1) is 33.1. The monoisotopic (exact) mass is 575 g/mol. The number of alkyl halides is 15. The van der Waals surface area contributed by atoms with Crippen LogP contribution < -0.4 is 0 Å². The second-order valence-corrected chi connectivity index (χ2v) is 8.72. The van der Waals surface area contributed by atoms with Gasteiger partial charge in [-0.1, -0.05) is 6.58 Å². The molecule has 0 amide bonds. The molecule has 0 atom stereocenters. The molecule has 0 aromatic carbocycles. The number of ether oxygens (including phenoxy) is 1. The lowest BCUT2D eigenvalue weighted by atomic mass is 9.94. The topological polar surface area (TPSA) is 63.7 Å². The standard InChI is InChI=1S/C14H12F15NO4S/c1-6(2)7(31)34-5-4-30(3)35(32,33)14(28,29)12(23,24)10(19,20)8(15,16)9(17,18)11(21,22)13(25,26)27/h1,4-5H2,2-3H3. The molecule has 0 spiro atoms. The van der Waals surface area contributed by atoms with Crippen molar-refractivity contribution >= 4 is 16.0 Å². The molecule has 0 unspecified atom stereocenters. The molecule has 21 heteroatoms. The summed E-state index contributed by atoms with van der Waals surface area (Å²) in [4.78, 5) is 11.1. The average molecular weight is 575 g/mol. The number of carbonyl (C=O) groups excluding carboxylic acids is 1. The number of hydrogen-bond donors (Lipinski definition) is 0. The first-order valence-corrected chi connectivity index (χ1v) is 9.56. The minimum Gasteiger partial charge on any atom is -0.461 e.